The van der Waals surface area contributed by atoms with Crippen LogP contribution in [-0.4, -0.2) is 19.6 Å². The minimum atomic E-state index is -0.170. The number of aryl methyl sites for hydroxylation is 2. The first kappa shape index (κ1) is 24.1. The number of furan rings is 1. The summed E-state index contributed by atoms with van der Waals surface area (Å²) >= 11 is 0. The number of methoxy groups -OCH3 is 1. The van der Waals surface area contributed by atoms with Gasteiger partial charge in [0, 0.05) is 34.7 Å². The molecule has 0 fully saturated rings. The molecule has 0 aliphatic heterocycles. The summed E-state index contributed by atoms with van der Waals surface area (Å²) < 4.78 is 17.3. The first-order valence-electron chi connectivity index (χ1n) is 11.7. The SMILES string of the molecule is CCOc1c(/C(C)=C/C(=O)NCc2cccc(OC)c2)cc2c(-c3ccc(C)cc3)coc2c1C. The highest BCUT2D eigenvalue weighted by Crippen LogP contribution is 2.40. The summed E-state index contributed by atoms with van der Waals surface area (Å²) in [6.07, 6.45) is 3.41. The van der Waals surface area contributed by atoms with Gasteiger partial charge in [0.25, 0.3) is 0 Å². The largest absolute Gasteiger partial charge is 0.497 e. The van der Waals surface area contributed by atoms with E-state index in [4.69, 9.17) is 13.9 Å². The third kappa shape index (κ3) is 5.24. The fraction of sp³-hybridized carbons (Fsp3) is 0.233. The minimum Gasteiger partial charge on any atom is -0.497 e. The number of carbonyl (C=O) groups excluding carboxylic acids is 1. The molecule has 0 saturated carbocycles. The Morgan fingerprint density at radius 3 is 2.57 bits per heavy atom. The number of hydrogen-bond acceptors (Lipinski definition) is 4. The molecule has 0 saturated heterocycles. The molecular formula is C30H31NO4. The molecule has 1 N–H and O–H groups in total. The topological polar surface area (TPSA) is 60.7 Å². The molecule has 4 rings (SSSR count). The fourth-order valence-corrected chi connectivity index (χ4v) is 4.19. The summed E-state index contributed by atoms with van der Waals surface area (Å²) in [5, 5.41) is 3.96. The Labute approximate surface area is 206 Å². The van der Waals surface area contributed by atoms with Gasteiger partial charge >= 0.3 is 0 Å². The van der Waals surface area contributed by atoms with E-state index in [1.807, 2.05) is 45.0 Å². The number of rotatable bonds is 8. The van der Waals surface area contributed by atoms with Crippen molar-refractivity contribution in [2.45, 2.75) is 34.2 Å². The average molecular weight is 470 g/mol. The van der Waals surface area contributed by atoms with E-state index in [2.05, 4.69) is 42.6 Å². The van der Waals surface area contributed by atoms with Gasteiger partial charge in [0.2, 0.25) is 5.91 Å². The lowest BCUT2D eigenvalue weighted by molar-refractivity contribution is -0.116. The van der Waals surface area contributed by atoms with Gasteiger partial charge in [-0.1, -0.05) is 42.0 Å². The molecule has 1 amide bonds. The van der Waals surface area contributed by atoms with E-state index in [1.54, 1.807) is 19.4 Å². The molecule has 35 heavy (non-hydrogen) atoms. The van der Waals surface area contributed by atoms with Gasteiger partial charge in [0.1, 0.15) is 17.1 Å². The van der Waals surface area contributed by atoms with E-state index in [0.717, 1.165) is 55.9 Å². The van der Waals surface area contributed by atoms with Crippen LogP contribution in [0.15, 0.2) is 71.4 Å². The molecule has 0 atom stereocenters. The number of amides is 1. The Hall–Kier alpha value is -3.99. The van der Waals surface area contributed by atoms with Crippen molar-refractivity contribution in [3.63, 3.8) is 0 Å². The monoisotopic (exact) mass is 469 g/mol. The van der Waals surface area contributed by atoms with Crippen LogP contribution in [0.5, 0.6) is 11.5 Å². The highest BCUT2D eigenvalue weighted by Gasteiger charge is 2.19. The number of nitrogens with one attached hydrogen (secondary N) is 1. The molecule has 0 aliphatic rings. The van der Waals surface area contributed by atoms with Crippen LogP contribution in [0.25, 0.3) is 27.7 Å². The van der Waals surface area contributed by atoms with Crippen molar-refractivity contribution in [3.8, 4) is 22.6 Å². The van der Waals surface area contributed by atoms with Crippen LogP contribution in [0.2, 0.25) is 0 Å². The molecule has 0 aliphatic carbocycles. The molecule has 5 heteroatoms. The summed E-state index contributed by atoms with van der Waals surface area (Å²) in [7, 11) is 1.63. The minimum absolute atomic E-state index is 0.170. The van der Waals surface area contributed by atoms with Crippen LogP contribution in [0, 0.1) is 13.8 Å². The van der Waals surface area contributed by atoms with Crippen molar-refractivity contribution in [1.29, 1.82) is 0 Å². The number of fused-ring (bicyclic) bond motifs is 1. The van der Waals surface area contributed by atoms with Gasteiger partial charge in [0.15, 0.2) is 0 Å². The maximum absolute atomic E-state index is 12.8. The number of ether oxygens (including phenoxy) is 2. The van der Waals surface area contributed by atoms with E-state index >= 15 is 0 Å². The molecule has 0 unspecified atom stereocenters. The van der Waals surface area contributed by atoms with E-state index in [1.165, 1.54) is 5.56 Å². The molecule has 1 heterocycles. The summed E-state index contributed by atoms with van der Waals surface area (Å²) in [5.41, 5.74) is 7.68. The van der Waals surface area contributed by atoms with Gasteiger partial charge in [-0.25, -0.2) is 0 Å². The standard InChI is InChI=1S/C30H31NO4/c1-6-34-29-21(4)30-26(27(18-35-30)23-12-10-19(2)11-13-23)16-25(29)20(3)14-28(32)31-17-22-8-7-9-24(15-22)33-5/h7-16,18H,6,17H2,1-5H3,(H,31,32)/b20-14+. The number of allylic oxidation sites excluding steroid dienone is 1. The first-order chi connectivity index (χ1) is 16.9. The van der Waals surface area contributed by atoms with Crippen molar-refractivity contribution in [2.24, 2.45) is 0 Å². The van der Waals surface area contributed by atoms with Gasteiger partial charge < -0.3 is 19.2 Å². The van der Waals surface area contributed by atoms with Gasteiger partial charge in [-0.15, -0.1) is 0 Å². The number of hydrogen-bond donors (Lipinski definition) is 1. The maximum Gasteiger partial charge on any atom is 0.244 e. The van der Waals surface area contributed by atoms with E-state index < -0.39 is 0 Å². The van der Waals surface area contributed by atoms with Crippen molar-refractivity contribution in [1.82, 2.24) is 5.32 Å². The Balaban J connectivity index is 1.68. The van der Waals surface area contributed by atoms with Crippen molar-refractivity contribution < 1.29 is 18.7 Å². The Kier molecular flexibility index (Phi) is 7.25. The predicted molar refractivity (Wildman–Crippen MR) is 141 cm³/mol. The first-order valence-corrected chi connectivity index (χ1v) is 11.7. The smallest absolute Gasteiger partial charge is 0.244 e. The highest BCUT2D eigenvalue weighted by atomic mass is 16.5. The molecule has 0 spiro atoms. The molecular weight excluding hydrogens is 438 g/mol. The van der Waals surface area contributed by atoms with Crippen LogP contribution in [-0.2, 0) is 11.3 Å². The van der Waals surface area contributed by atoms with E-state index in [0.29, 0.717) is 13.2 Å². The zero-order valence-electron chi connectivity index (χ0n) is 20.9. The molecule has 0 radical (unpaired) electrons. The quantitative estimate of drug-likeness (QED) is 0.287. The molecule has 180 valence electrons. The third-order valence-electron chi connectivity index (χ3n) is 6.07. The van der Waals surface area contributed by atoms with Crippen LogP contribution in [0.3, 0.4) is 0 Å². The number of carbonyl (C=O) groups is 1. The Morgan fingerprint density at radius 2 is 1.86 bits per heavy atom. The second-order valence-electron chi connectivity index (χ2n) is 8.60. The van der Waals surface area contributed by atoms with Gasteiger partial charge in [-0.05, 0) is 62.6 Å². The normalized spacial score (nSPS) is 11.5. The molecule has 4 aromatic rings. The Morgan fingerprint density at radius 1 is 1.09 bits per heavy atom. The van der Waals surface area contributed by atoms with E-state index in [9.17, 15) is 4.79 Å². The molecule has 1 aromatic heterocycles. The zero-order chi connectivity index (χ0) is 24.9. The fourth-order valence-electron chi connectivity index (χ4n) is 4.19. The van der Waals surface area contributed by atoms with Gasteiger partial charge in [0.05, 0.1) is 20.0 Å². The van der Waals surface area contributed by atoms with Crippen LogP contribution in [0.4, 0.5) is 0 Å². The lowest BCUT2D eigenvalue weighted by Gasteiger charge is -2.15. The number of benzene rings is 3. The average Bonchev–Trinajstić information content (AvgIpc) is 3.29. The highest BCUT2D eigenvalue weighted by molar-refractivity contribution is 6.01. The van der Waals surface area contributed by atoms with Crippen LogP contribution < -0.4 is 14.8 Å². The summed E-state index contributed by atoms with van der Waals surface area (Å²) in [6, 6.07) is 18.1. The second-order valence-corrected chi connectivity index (χ2v) is 8.60. The lowest BCUT2D eigenvalue weighted by Crippen LogP contribution is -2.20. The molecule has 3 aromatic carbocycles. The molecule has 0 bridgehead atoms. The second kappa shape index (κ2) is 10.5. The van der Waals surface area contributed by atoms with Crippen molar-refractivity contribution >= 4 is 22.4 Å². The molecule has 5 nitrogen and oxygen atoms in total. The summed E-state index contributed by atoms with van der Waals surface area (Å²) in [4.78, 5) is 12.8. The summed E-state index contributed by atoms with van der Waals surface area (Å²) in [6.45, 7) is 8.87. The van der Waals surface area contributed by atoms with E-state index in [-0.39, 0.29) is 5.91 Å². The maximum atomic E-state index is 12.8. The summed E-state index contributed by atoms with van der Waals surface area (Å²) in [5.74, 6) is 1.33. The third-order valence-corrected chi connectivity index (χ3v) is 6.07. The van der Waals surface area contributed by atoms with Crippen molar-refractivity contribution in [3.05, 3.63) is 89.2 Å². The predicted octanol–water partition coefficient (Wildman–Crippen LogP) is 6.84. The lowest BCUT2D eigenvalue weighted by atomic mass is 9.96. The van der Waals surface area contributed by atoms with Gasteiger partial charge in [-0.2, -0.15) is 0 Å². The van der Waals surface area contributed by atoms with Crippen molar-refractivity contribution in [2.75, 3.05) is 13.7 Å². The zero-order valence-corrected chi connectivity index (χ0v) is 20.9. The van der Waals surface area contributed by atoms with Gasteiger partial charge in [-0.3, -0.25) is 4.79 Å². The van der Waals surface area contributed by atoms with Crippen LogP contribution in [0.1, 0.15) is 36.1 Å². The van der Waals surface area contributed by atoms with Crippen LogP contribution >= 0.6 is 0 Å². The Bertz CT molecular complexity index is 1380.